The first-order valence-electron chi connectivity index (χ1n) is 12.3. The van der Waals surface area contributed by atoms with Crippen LogP contribution in [0.5, 0.6) is 0 Å². The first-order valence-corrected chi connectivity index (χ1v) is 12.3. The molecular formula is C32H32. The second-order valence-electron chi connectivity index (χ2n) is 10.4. The van der Waals surface area contributed by atoms with E-state index in [1.807, 2.05) is 0 Å². The monoisotopic (exact) mass is 416 g/mol. The zero-order valence-corrected chi connectivity index (χ0v) is 19.8. The minimum Gasteiger partial charge on any atom is -0.0587 e. The van der Waals surface area contributed by atoms with Crippen LogP contribution in [0.25, 0.3) is 32.7 Å². The molecule has 0 saturated carbocycles. The number of hydrogen-bond acceptors (Lipinski definition) is 0. The fourth-order valence-corrected chi connectivity index (χ4v) is 6.37. The first-order chi connectivity index (χ1) is 15.5. The largest absolute Gasteiger partial charge is 0.0587 e. The molecule has 6 rings (SSSR count). The summed E-state index contributed by atoms with van der Waals surface area (Å²) in [6, 6.07) is 23.6. The van der Waals surface area contributed by atoms with Crippen LogP contribution in [-0.4, -0.2) is 0 Å². The molecule has 2 atom stereocenters. The molecule has 2 aliphatic carbocycles. The van der Waals surface area contributed by atoms with Crippen molar-refractivity contribution in [3.05, 3.63) is 94.0 Å². The summed E-state index contributed by atoms with van der Waals surface area (Å²) in [6.07, 6.45) is 4.87. The molecule has 0 aromatic heterocycles. The summed E-state index contributed by atoms with van der Waals surface area (Å²) in [7, 11) is 0. The van der Waals surface area contributed by atoms with Crippen molar-refractivity contribution in [1.29, 1.82) is 0 Å². The summed E-state index contributed by atoms with van der Waals surface area (Å²) < 4.78 is 0. The molecule has 2 aliphatic rings. The number of benzene rings is 4. The van der Waals surface area contributed by atoms with Gasteiger partial charge in [0.1, 0.15) is 0 Å². The van der Waals surface area contributed by atoms with E-state index >= 15 is 0 Å². The molecule has 0 radical (unpaired) electrons. The zero-order chi connectivity index (χ0) is 22.0. The molecule has 0 N–H and O–H groups in total. The van der Waals surface area contributed by atoms with E-state index in [4.69, 9.17) is 0 Å². The molecule has 0 bridgehead atoms. The molecule has 0 fully saturated rings. The highest BCUT2D eigenvalue weighted by atomic mass is 14.4. The normalized spacial score (nSPS) is 22.8. The molecule has 0 saturated heterocycles. The van der Waals surface area contributed by atoms with Gasteiger partial charge in [0.25, 0.3) is 0 Å². The Balaban J connectivity index is 1.75. The molecule has 0 heteroatoms. The van der Waals surface area contributed by atoms with Crippen LogP contribution in [0.1, 0.15) is 60.1 Å². The lowest BCUT2D eigenvalue weighted by Crippen LogP contribution is -2.19. The Labute approximate surface area is 192 Å². The molecule has 160 valence electrons. The van der Waals surface area contributed by atoms with Crippen LogP contribution < -0.4 is 0 Å². The predicted octanol–water partition coefficient (Wildman–Crippen LogP) is 8.69. The van der Waals surface area contributed by atoms with Crippen LogP contribution in [0.2, 0.25) is 0 Å². The number of allylic oxidation sites excluding steroid dienone is 2. The molecule has 0 heterocycles. The van der Waals surface area contributed by atoms with Crippen molar-refractivity contribution in [2.45, 2.75) is 53.4 Å². The highest BCUT2D eigenvalue weighted by Crippen LogP contribution is 2.50. The number of rotatable bonds is 0. The molecule has 4 aromatic carbocycles. The quantitative estimate of drug-likeness (QED) is 0.269. The summed E-state index contributed by atoms with van der Waals surface area (Å²) in [5.41, 5.74) is 12.1. The van der Waals surface area contributed by atoms with Gasteiger partial charge in [-0.25, -0.2) is 0 Å². The molecule has 32 heavy (non-hydrogen) atoms. The van der Waals surface area contributed by atoms with Crippen LogP contribution in [0.4, 0.5) is 0 Å². The maximum absolute atomic E-state index is 2.47. The lowest BCUT2D eigenvalue weighted by molar-refractivity contribution is 0.617. The third-order valence-electron chi connectivity index (χ3n) is 8.03. The predicted molar refractivity (Wildman–Crippen MR) is 139 cm³/mol. The molecule has 4 aromatic rings. The standard InChI is InChI=1S/C32H32/c1-19-5-15-27-25(17-19)13-11-23-9-7-21(3)29(31(23)27)30-22(4)8-10-24-12-14-26-18-20(2)6-16-28(26)32(24)30/h5-6,11-18,21-22H,7-10H2,1-4H3/b30-29+/t21-,22-/m1/s1. The van der Waals surface area contributed by atoms with Crippen molar-refractivity contribution < 1.29 is 0 Å². The summed E-state index contributed by atoms with van der Waals surface area (Å²) in [5.74, 6) is 1.16. The third-order valence-corrected chi connectivity index (χ3v) is 8.03. The highest BCUT2D eigenvalue weighted by molar-refractivity contribution is 6.08. The minimum absolute atomic E-state index is 0.582. The number of hydrogen-bond donors (Lipinski definition) is 0. The molecule has 0 aliphatic heterocycles. The maximum Gasteiger partial charge on any atom is -0.0105 e. The minimum atomic E-state index is 0.582. The Kier molecular flexibility index (Phi) is 4.54. The van der Waals surface area contributed by atoms with Gasteiger partial charge in [0.2, 0.25) is 0 Å². The average molecular weight is 417 g/mol. The second kappa shape index (κ2) is 7.34. The van der Waals surface area contributed by atoms with Gasteiger partial charge in [0, 0.05) is 0 Å². The Morgan fingerprint density at radius 2 is 1.00 bits per heavy atom. The Morgan fingerprint density at radius 1 is 0.562 bits per heavy atom. The van der Waals surface area contributed by atoms with Gasteiger partial charge in [0.15, 0.2) is 0 Å². The van der Waals surface area contributed by atoms with Crippen molar-refractivity contribution in [2.24, 2.45) is 11.8 Å². The van der Waals surface area contributed by atoms with Crippen LogP contribution in [0.15, 0.2) is 60.7 Å². The Bertz CT molecular complexity index is 1310. The smallest absolute Gasteiger partial charge is 0.0105 e. The molecule has 0 nitrogen and oxygen atoms in total. The van der Waals surface area contributed by atoms with E-state index in [2.05, 4.69) is 88.4 Å². The van der Waals surface area contributed by atoms with Gasteiger partial charge in [-0.3, -0.25) is 0 Å². The lowest BCUT2D eigenvalue weighted by Gasteiger charge is -2.35. The second-order valence-corrected chi connectivity index (χ2v) is 10.4. The molecular weight excluding hydrogens is 384 g/mol. The SMILES string of the molecule is Cc1ccc2c3c(ccc2c1)CC[C@@H](C)/C3=C1\c2c(ccc3cc(C)ccc23)CC[C@H]1C. The van der Waals surface area contributed by atoms with Gasteiger partial charge in [-0.15, -0.1) is 0 Å². The summed E-state index contributed by atoms with van der Waals surface area (Å²) >= 11 is 0. The van der Waals surface area contributed by atoms with Gasteiger partial charge < -0.3 is 0 Å². The summed E-state index contributed by atoms with van der Waals surface area (Å²) in [4.78, 5) is 0. The highest BCUT2D eigenvalue weighted by Gasteiger charge is 2.32. The van der Waals surface area contributed by atoms with E-state index in [9.17, 15) is 0 Å². The van der Waals surface area contributed by atoms with Crippen molar-refractivity contribution in [1.82, 2.24) is 0 Å². The fourth-order valence-electron chi connectivity index (χ4n) is 6.37. The van der Waals surface area contributed by atoms with Crippen LogP contribution in [0.3, 0.4) is 0 Å². The van der Waals surface area contributed by atoms with E-state index in [-0.39, 0.29) is 0 Å². The number of aryl methyl sites for hydroxylation is 4. The first kappa shape index (κ1) is 19.8. The van der Waals surface area contributed by atoms with Gasteiger partial charge in [-0.1, -0.05) is 85.6 Å². The van der Waals surface area contributed by atoms with Gasteiger partial charge in [0.05, 0.1) is 0 Å². The van der Waals surface area contributed by atoms with E-state index < -0.39 is 0 Å². The van der Waals surface area contributed by atoms with Gasteiger partial charge >= 0.3 is 0 Å². The van der Waals surface area contributed by atoms with Crippen molar-refractivity contribution >= 4 is 32.7 Å². The molecule has 0 amide bonds. The Morgan fingerprint density at radius 3 is 1.44 bits per heavy atom. The average Bonchev–Trinajstić information content (AvgIpc) is 2.79. The van der Waals surface area contributed by atoms with E-state index in [0.29, 0.717) is 11.8 Å². The van der Waals surface area contributed by atoms with Crippen molar-refractivity contribution in [3.8, 4) is 0 Å². The van der Waals surface area contributed by atoms with Crippen molar-refractivity contribution in [2.75, 3.05) is 0 Å². The van der Waals surface area contributed by atoms with E-state index in [1.54, 1.807) is 22.3 Å². The maximum atomic E-state index is 2.47. The van der Waals surface area contributed by atoms with Crippen LogP contribution in [0, 0.1) is 25.7 Å². The van der Waals surface area contributed by atoms with Crippen LogP contribution >= 0.6 is 0 Å². The lowest BCUT2D eigenvalue weighted by atomic mass is 9.69. The van der Waals surface area contributed by atoms with Crippen molar-refractivity contribution in [3.63, 3.8) is 0 Å². The number of fused-ring (bicyclic) bond motifs is 6. The fraction of sp³-hybridized carbons (Fsp3) is 0.312. The van der Waals surface area contributed by atoms with E-state index in [0.717, 1.165) is 0 Å². The van der Waals surface area contributed by atoms with Crippen LogP contribution in [-0.2, 0) is 12.8 Å². The van der Waals surface area contributed by atoms with Gasteiger partial charge in [-0.05, 0) is 106 Å². The van der Waals surface area contributed by atoms with Gasteiger partial charge in [-0.2, -0.15) is 0 Å². The van der Waals surface area contributed by atoms with E-state index in [1.165, 1.54) is 69.5 Å². The molecule has 0 unspecified atom stereocenters. The zero-order valence-electron chi connectivity index (χ0n) is 19.8. The summed E-state index contributed by atoms with van der Waals surface area (Å²) in [6.45, 7) is 9.34. The summed E-state index contributed by atoms with van der Waals surface area (Å²) in [5, 5.41) is 5.65. The topological polar surface area (TPSA) is 0 Å². The Hall–Kier alpha value is -2.86. The molecule has 0 spiro atoms. The third kappa shape index (κ3) is 2.96.